The number of hydrogen-bond acceptors (Lipinski definition) is 8. The molecule has 3 aromatic carbocycles. The van der Waals surface area contributed by atoms with Crippen molar-refractivity contribution in [1.29, 1.82) is 0 Å². The van der Waals surface area contributed by atoms with E-state index in [4.69, 9.17) is 9.47 Å². The van der Waals surface area contributed by atoms with Gasteiger partial charge in [-0.25, -0.2) is 0 Å². The number of aliphatic hydroxyl groups excluding tert-OH is 1. The minimum atomic E-state index is -3.04. The van der Waals surface area contributed by atoms with Crippen LogP contribution in [-0.2, 0) is 44.2 Å². The average molecular weight is 699 g/mol. The van der Waals surface area contributed by atoms with Crippen LogP contribution in [-0.4, -0.2) is 86.3 Å². The Labute approximate surface area is 293 Å². The summed E-state index contributed by atoms with van der Waals surface area (Å²) in [5, 5.41) is 13.4. The molecule has 5 atom stereocenters. The molecule has 264 valence electrons. The second-order valence-electron chi connectivity index (χ2n) is 14.6. The van der Waals surface area contributed by atoms with Gasteiger partial charge in [0.05, 0.1) is 51.1 Å². The fourth-order valence-electron chi connectivity index (χ4n) is 8.76. The van der Waals surface area contributed by atoms with Gasteiger partial charge in [0.25, 0.3) is 5.91 Å². The van der Waals surface area contributed by atoms with Crippen molar-refractivity contribution >= 4 is 37.4 Å². The summed E-state index contributed by atoms with van der Waals surface area (Å²) in [6.07, 6.45) is -0.205. The highest BCUT2D eigenvalue weighted by atomic mass is 28.4. The van der Waals surface area contributed by atoms with E-state index in [0.29, 0.717) is 43.1 Å². The Morgan fingerprint density at radius 2 is 1.86 bits per heavy atom. The molecule has 4 aliphatic heterocycles. The van der Waals surface area contributed by atoms with Gasteiger partial charge in [0.15, 0.2) is 13.9 Å². The lowest BCUT2D eigenvalue weighted by Gasteiger charge is -2.37. The molecule has 4 heterocycles. The zero-order chi connectivity index (χ0) is 35.4. The molecule has 0 saturated carbocycles. The van der Waals surface area contributed by atoms with E-state index in [1.165, 1.54) is 0 Å². The predicted molar refractivity (Wildman–Crippen MR) is 191 cm³/mol. The van der Waals surface area contributed by atoms with Crippen LogP contribution in [0.2, 0.25) is 18.6 Å². The number of anilines is 2. The molecule has 3 aromatic rings. The second-order valence-corrected chi connectivity index (χ2v) is 18.5. The first kappa shape index (κ1) is 34.4. The van der Waals surface area contributed by atoms with Crippen molar-refractivity contribution in [2.45, 2.75) is 69.2 Å². The third kappa shape index (κ3) is 5.82. The molecule has 0 aromatic heterocycles. The first-order chi connectivity index (χ1) is 24.0. The number of hydrogen-bond donors (Lipinski definition) is 3. The Hall–Kier alpha value is -4.07. The van der Waals surface area contributed by atoms with Crippen LogP contribution in [0.1, 0.15) is 35.6 Å². The van der Waals surface area contributed by atoms with Gasteiger partial charge in [0.2, 0.25) is 11.8 Å². The highest BCUT2D eigenvalue weighted by Crippen LogP contribution is 2.60. The normalized spacial score (nSPS) is 26.4. The Bertz CT molecular complexity index is 1810. The van der Waals surface area contributed by atoms with Gasteiger partial charge in [-0.15, -0.1) is 0 Å². The number of piperazine rings is 1. The first-order valence-electron chi connectivity index (χ1n) is 17.4. The number of nitrogens with zero attached hydrogens (tertiary/aromatic N) is 3. The van der Waals surface area contributed by atoms with Crippen molar-refractivity contribution in [3.63, 3.8) is 0 Å². The van der Waals surface area contributed by atoms with Crippen LogP contribution in [0.5, 0.6) is 5.75 Å². The van der Waals surface area contributed by atoms with Gasteiger partial charge in [-0.05, 0) is 66.5 Å². The largest absolute Gasteiger partial charge is 0.497 e. The van der Waals surface area contributed by atoms with Gasteiger partial charge in [-0.3, -0.25) is 14.4 Å². The van der Waals surface area contributed by atoms with E-state index in [2.05, 4.69) is 5.32 Å². The number of methoxy groups -OCH3 is 1. The maximum atomic E-state index is 15.0. The van der Waals surface area contributed by atoms with Crippen LogP contribution in [0.3, 0.4) is 0 Å². The number of carbonyl (C=O) groups is 3. The molecule has 3 N–H and O–H groups in total. The molecule has 1 spiro atoms. The highest BCUT2D eigenvalue weighted by molar-refractivity contribution is 6.71. The lowest BCUT2D eigenvalue weighted by atomic mass is 9.82. The lowest BCUT2D eigenvalue weighted by Crippen LogP contribution is -2.48. The maximum absolute atomic E-state index is 15.0. The molecular formula is C38H46N4O7Si. The third-order valence-corrected chi connectivity index (χ3v) is 13.6. The zero-order valence-corrected chi connectivity index (χ0v) is 30.1. The Kier molecular flexibility index (Phi) is 9.10. The Morgan fingerprint density at radius 1 is 1.08 bits per heavy atom. The molecule has 50 heavy (non-hydrogen) atoms. The first-order valence-corrected chi connectivity index (χ1v) is 20.5. The van der Waals surface area contributed by atoms with Crippen LogP contribution in [0.25, 0.3) is 0 Å². The fraction of sp³-hybridized carbons (Fsp3) is 0.447. The number of ether oxygens (including phenoxy) is 2. The summed E-state index contributed by atoms with van der Waals surface area (Å²) in [5.41, 5.74) is 3.24. The number of amides is 3. The van der Waals surface area contributed by atoms with E-state index in [1.807, 2.05) is 86.7 Å². The third-order valence-electron chi connectivity index (χ3n) is 11.1. The molecule has 3 amide bonds. The Morgan fingerprint density at radius 3 is 2.58 bits per heavy atom. The van der Waals surface area contributed by atoms with E-state index < -0.39 is 31.5 Å². The number of benzene rings is 3. The van der Waals surface area contributed by atoms with Crippen LogP contribution < -0.4 is 19.9 Å². The average Bonchev–Trinajstić information content (AvgIpc) is 3.53. The summed E-state index contributed by atoms with van der Waals surface area (Å²) in [7, 11) is -1.46. The molecule has 12 heteroatoms. The molecule has 7 rings (SSSR count). The summed E-state index contributed by atoms with van der Waals surface area (Å²) < 4.78 is 12.6. The molecule has 11 nitrogen and oxygen atoms in total. The standard InChI is InChI=1S/C38H46N4O7Si/c1-24-36(50(3,4)47)33(19-34(44)41-22-27-10-6-5-9-26(27)17-29(41)23-43)49-38(24)31-18-30(48-2)12-13-32(31)42(37(38)46)21-25-8-7-11-28(16-25)40-15-14-39-20-35(40)45/h5-13,16,18,24,29,33,36,39,43,47H,14-15,17,19-23H2,1-4H3/t24-,29+,33+,36-,38+/m1/s1. The summed E-state index contributed by atoms with van der Waals surface area (Å²) in [6.45, 7) is 7.63. The van der Waals surface area contributed by atoms with E-state index >= 15 is 0 Å². The molecule has 2 fully saturated rings. The number of aliphatic hydroxyl groups is 1. The molecule has 0 unspecified atom stereocenters. The Balaban J connectivity index is 1.22. The van der Waals surface area contributed by atoms with Gasteiger partial charge in [-0.2, -0.15) is 0 Å². The molecule has 0 radical (unpaired) electrons. The molecule has 0 bridgehead atoms. The number of rotatable bonds is 8. The van der Waals surface area contributed by atoms with E-state index in [9.17, 15) is 24.3 Å². The van der Waals surface area contributed by atoms with Gasteiger partial charge < -0.3 is 39.4 Å². The number of nitrogens with one attached hydrogen (secondary N) is 1. The topological polar surface area (TPSA) is 132 Å². The van der Waals surface area contributed by atoms with Crippen molar-refractivity contribution in [2.75, 3.05) is 43.2 Å². The van der Waals surface area contributed by atoms with Crippen molar-refractivity contribution in [3.05, 3.63) is 89.0 Å². The van der Waals surface area contributed by atoms with E-state index in [-0.39, 0.29) is 49.9 Å². The van der Waals surface area contributed by atoms with Crippen molar-refractivity contribution in [3.8, 4) is 5.75 Å². The maximum Gasteiger partial charge on any atom is 0.264 e. The molecule has 4 aliphatic rings. The number of fused-ring (bicyclic) bond motifs is 3. The van der Waals surface area contributed by atoms with Crippen LogP contribution >= 0.6 is 0 Å². The minimum absolute atomic E-state index is 0.00305. The second kappa shape index (κ2) is 13.2. The van der Waals surface area contributed by atoms with Crippen LogP contribution in [0.15, 0.2) is 66.7 Å². The van der Waals surface area contributed by atoms with Gasteiger partial charge in [-0.1, -0.05) is 43.3 Å². The smallest absolute Gasteiger partial charge is 0.264 e. The quantitative estimate of drug-likeness (QED) is 0.306. The van der Waals surface area contributed by atoms with Crippen molar-refractivity contribution < 1.29 is 33.8 Å². The SMILES string of the molecule is COc1ccc2c(c1)[C@]1(O[C@@H](CC(=O)N3Cc4ccccc4C[C@H]3CO)[C@H]([Si](C)(C)O)[C@H]1C)C(=O)N2Cc1cccc(N2CCNCC2=O)c1. The van der Waals surface area contributed by atoms with Crippen molar-refractivity contribution in [1.82, 2.24) is 10.2 Å². The highest BCUT2D eigenvalue weighted by Gasteiger charge is 2.66. The predicted octanol–water partition coefficient (Wildman–Crippen LogP) is 3.31. The zero-order valence-electron chi connectivity index (χ0n) is 29.1. The van der Waals surface area contributed by atoms with Gasteiger partial charge in [0.1, 0.15) is 5.75 Å². The van der Waals surface area contributed by atoms with Crippen molar-refractivity contribution in [2.24, 2.45) is 5.92 Å². The van der Waals surface area contributed by atoms with Crippen LogP contribution in [0, 0.1) is 5.92 Å². The van der Waals surface area contributed by atoms with Gasteiger partial charge in [0, 0.05) is 42.3 Å². The minimum Gasteiger partial charge on any atom is -0.497 e. The monoisotopic (exact) mass is 698 g/mol. The molecule has 2 saturated heterocycles. The number of carbonyl (C=O) groups excluding carboxylic acids is 3. The molecule has 0 aliphatic carbocycles. The molecular weight excluding hydrogens is 653 g/mol. The van der Waals surface area contributed by atoms with E-state index in [0.717, 1.165) is 22.4 Å². The van der Waals surface area contributed by atoms with Gasteiger partial charge >= 0.3 is 0 Å². The summed E-state index contributed by atoms with van der Waals surface area (Å²) >= 11 is 0. The van der Waals surface area contributed by atoms with E-state index in [1.54, 1.807) is 21.8 Å². The van der Waals surface area contributed by atoms with Crippen LogP contribution in [0.4, 0.5) is 11.4 Å². The fourth-order valence-corrected chi connectivity index (χ4v) is 11.3. The summed E-state index contributed by atoms with van der Waals surface area (Å²) in [5.74, 6) is -0.326. The summed E-state index contributed by atoms with van der Waals surface area (Å²) in [4.78, 5) is 58.8. The summed E-state index contributed by atoms with van der Waals surface area (Å²) in [6, 6.07) is 20.8. The lowest BCUT2D eigenvalue weighted by molar-refractivity contribution is -0.151.